The SMILES string of the molecule is COc1cccc(CC2(C(C)C)CNC2)c1F. The van der Waals surface area contributed by atoms with Gasteiger partial charge >= 0.3 is 0 Å². The molecule has 2 nitrogen and oxygen atoms in total. The lowest BCUT2D eigenvalue weighted by atomic mass is 9.68. The highest BCUT2D eigenvalue weighted by atomic mass is 19.1. The monoisotopic (exact) mass is 237 g/mol. The Hall–Kier alpha value is -1.09. The van der Waals surface area contributed by atoms with Crippen LogP contribution in [0.15, 0.2) is 18.2 Å². The first-order valence-corrected chi connectivity index (χ1v) is 6.11. The molecule has 1 aliphatic heterocycles. The molecule has 0 aliphatic carbocycles. The molecule has 94 valence electrons. The van der Waals surface area contributed by atoms with E-state index in [2.05, 4.69) is 19.2 Å². The van der Waals surface area contributed by atoms with Gasteiger partial charge in [0.25, 0.3) is 0 Å². The molecular formula is C14H20FNO. The van der Waals surface area contributed by atoms with E-state index < -0.39 is 0 Å². The van der Waals surface area contributed by atoms with Crippen LogP contribution in [0.1, 0.15) is 19.4 Å². The highest BCUT2D eigenvalue weighted by molar-refractivity contribution is 5.32. The van der Waals surface area contributed by atoms with Crippen molar-refractivity contribution in [2.24, 2.45) is 11.3 Å². The van der Waals surface area contributed by atoms with Crippen LogP contribution in [0.4, 0.5) is 4.39 Å². The van der Waals surface area contributed by atoms with E-state index in [-0.39, 0.29) is 11.2 Å². The minimum atomic E-state index is -0.207. The highest BCUT2D eigenvalue weighted by Crippen LogP contribution is 2.37. The lowest BCUT2D eigenvalue weighted by molar-refractivity contribution is 0.0981. The normalized spacial score (nSPS) is 17.9. The van der Waals surface area contributed by atoms with Crippen molar-refractivity contribution in [1.82, 2.24) is 5.32 Å². The second kappa shape index (κ2) is 4.65. The molecular weight excluding hydrogens is 217 g/mol. The van der Waals surface area contributed by atoms with E-state index in [9.17, 15) is 4.39 Å². The van der Waals surface area contributed by atoms with Gasteiger partial charge in [-0.2, -0.15) is 0 Å². The van der Waals surface area contributed by atoms with Crippen molar-refractivity contribution < 1.29 is 9.13 Å². The number of hydrogen-bond acceptors (Lipinski definition) is 2. The Kier molecular flexibility index (Phi) is 3.38. The Morgan fingerprint density at radius 3 is 2.59 bits per heavy atom. The summed E-state index contributed by atoms with van der Waals surface area (Å²) in [6.07, 6.45) is 0.778. The van der Waals surface area contributed by atoms with Gasteiger partial charge < -0.3 is 10.1 Å². The maximum Gasteiger partial charge on any atom is 0.168 e. The highest BCUT2D eigenvalue weighted by Gasteiger charge is 2.40. The van der Waals surface area contributed by atoms with E-state index in [0.29, 0.717) is 11.7 Å². The van der Waals surface area contributed by atoms with Gasteiger partial charge in [-0.3, -0.25) is 0 Å². The van der Waals surface area contributed by atoms with E-state index in [1.807, 2.05) is 12.1 Å². The standard InChI is InChI=1S/C14H20FNO/c1-10(2)14(8-16-9-14)7-11-5-4-6-12(17-3)13(11)15/h4-6,10,16H,7-9H2,1-3H3. The Labute approximate surface area is 102 Å². The van der Waals surface area contributed by atoms with Crippen molar-refractivity contribution in [3.63, 3.8) is 0 Å². The van der Waals surface area contributed by atoms with Crippen LogP contribution in [-0.4, -0.2) is 20.2 Å². The second-order valence-electron chi connectivity index (χ2n) is 5.23. The summed E-state index contributed by atoms with van der Waals surface area (Å²) in [6.45, 7) is 6.36. The number of rotatable bonds is 4. The largest absolute Gasteiger partial charge is 0.494 e. The average molecular weight is 237 g/mol. The molecule has 1 aliphatic rings. The third-order valence-electron chi connectivity index (χ3n) is 3.98. The van der Waals surface area contributed by atoms with Crippen LogP contribution in [0.25, 0.3) is 0 Å². The first-order valence-electron chi connectivity index (χ1n) is 6.11. The van der Waals surface area contributed by atoms with E-state index in [1.54, 1.807) is 6.07 Å². The molecule has 0 unspecified atom stereocenters. The summed E-state index contributed by atoms with van der Waals surface area (Å²) in [6, 6.07) is 5.39. The molecule has 17 heavy (non-hydrogen) atoms. The Balaban J connectivity index is 2.24. The third kappa shape index (κ3) is 2.16. The van der Waals surface area contributed by atoms with Crippen molar-refractivity contribution in [2.75, 3.05) is 20.2 Å². The molecule has 1 heterocycles. The molecule has 0 saturated carbocycles. The van der Waals surface area contributed by atoms with Crippen LogP contribution >= 0.6 is 0 Å². The Morgan fingerprint density at radius 1 is 1.41 bits per heavy atom. The summed E-state index contributed by atoms with van der Waals surface area (Å²) >= 11 is 0. The molecule has 1 aromatic carbocycles. The van der Waals surface area contributed by atoms with E-state index in [0.717, 1.165) is 25.1 Å². The number of hydrogen-bond donors (Lipinski definition) is 1. The molecule has 0 atom stereocenters. The van der Waals surface area contributed by atoms with Crippen LogP contribution < -0.4 is 10.1 Å². The smallest absolute Gasteiger partial charge is 0.168 e. The summed E-state index contributed by atoms with van der Waals surface area (Å²) in [5.41, 5.74) is 0.965. The van der Waals surface area contributed by atoms with Crippen molar-refractivity contribution in [1.29, 1.82) is 0 Å². The summed E-state index contributed by atoms with van der Waals surface area (Å²) < 4.78 is 19.1. The summed E-state index contributed by atoms with van der Waals surface area (Å²) in [7, 11) is 1.51. The molecule has 0 amide bonds. The van der Waals surface area contributed by atoms with Crippen molar-refractivity contribution in [3.05, 3.63) is 29.6 Å². The lowest BCUT2D eigenvalue weighted by Crippen LogP contribution is -2.57. The first kappa shape index (κ1) is 12.4. The van der Waals surface area contributed by atoms with Gasteiger partial charge in [0.1, 0.15) is 0 Å². The topological polar surface area (TPSA) is 21.3 Å². The zero-order chi connectivity index (χ0) is 12.5. The molecule has 0 radical (unpaired) electrons. The number of benzene rings is 1. The van der Waals surface area contributed by atoms with Gasteiger partial charge in [-0.05, 0) is 24.0 Å². The van der Waals surface area contributed by atoms with Crippen LogP contribution in [0.3, 0.4) is 0 Å². The van der Waals surface area contributed by atoms with Gasteiger partial charge in [0, 0.05) is 18.5 Å². The minimum absolute atomic E-state index is 0.202. The second-order valence-corrected chi connectivity index (χ2v) is 5.23. The van der Waals surface area contributed by atoms with Crippen LogP contribution in [0, 0.1) is 17.2 Å². The number of ether oxygens (including phenoxy) is 1. The van der Waals surface area contributed by atoms with Gasteiger partial charge in [0.05, 0.1) is 7.11 Å². The number of methoxy groups -OCH3 is 1. The molecule has 1 aromatic rings. The van der Waals surface area contributed by atoms with Gasteiger partial charge in [-0.1, -0.05) is 26.0 Å². The zero-order valence-corrected chi connectivity index (χ0v) is 10.7. The van der Waals surface area contributed by atoms with Gasteiger partial charge in [0.2, 0.25) is 0 Å². The van der Waals surface area contributed by atoms with E-state index in [1.165, 1.54) is 7.11 Å². The summed E-state index contributed by atoms with van der Waals surface area (Å²) in [5.74, 6) is 0.685. The predicted molar refractivity (Wildman–Crippen MR) is 66.8 cm³/mol. The minimum Gasteiger partial charge on any atom is -0.494 e. The maximum absolute atomic E-state index is 14.1. The molecule has 1 fully saturated rings. The fourth-order valence-corrected chi connectivity index (χ4v) is 2.41. The summed E-state index contributed by atoms with van der Waals surface area (Å²) in [4.78, 5) is 0. The summed E-state index contributed by atoms with van der Waals surface area (Å²) in [5, 5.41) is 3.30. The van der Waals surface area contributed by atoms with Gasteiger partial charge in [-0.15, -0.1) is 0 Å². The molecule has 1 N–H and O–H groups in total. The molecule has 3 heteroatoms. The number of nitrogens with one attached hydrogen (secondary N) is 1. The molecule has 0 aromatic heterocycles. The van der Waals surface area contributed by atoms with E-state index in [4.69, 9.17) is 4.74 Å². The van der Waals surface area contributed by atoms with E-state index >= 15 is 0 Å². The Bertz CT molecular complexity index is 399. The van der Waals surface area contributed by atoms with Crippen molar-refractivity contribution >= 4 is 0 Å². The van der Waals surface area contributed by atoms with Crippen molar-refractivity contribution in [2.45, 2.75) is 20.3 Å². The fraction of sp³-hybridized carbons (Fsp3) is 0.571. The Morgan fingerprint density at radius 2 is 2.12 bits per heavy atom. The van der Waals surface area contributed by atoms with Crippen molar-refractivity contribution in [3.8, 4) is 5.75 Å². The number of halogens is 1. The van der Waals surface area contributed by atoms with Gasteiger partial charge in [-0.25, -0.2) is 4.39 Å². The quantitative estimate of drug-likeness (QED) is 0.869. The first-order chi connectivity index (χ1) is 8.09. The van der Waals surface area contributed by atoms with Crippen LogP contribution in [0.2, 0.25) is 0 Å². The maximum atomic E-state index is 14.1. The van der Waals surface area contributed by atoms with Gasteiger partial charge in [0.15, 0.2) is 11.6 Å². The average Bonchev–Trinajstić information content (AvgIpc) is 2.25. The lowest BCUT2D eigenvalue weighted by Gasteiger charge is -2.46. The third-order valence-corrected chi connectivity index (χ3v) is 3.98. The van der Waals surface area contributed by atoms with Crippen LogP contribution in [-0.2, 0) is 6.42 Å². The molecule has 0 bridgehead atoms. The molecule has 0 spiro atoms. The zero-order valence-electron chi connectivity index (χ0n) is 10.7. The predicted octanol–water partition coefficient (Wildman–Crippen LogP) is 2.62. The molecule has 2 rings (SSSR count). The van der Waals surface area contributed by atoms with Crippen LogP contribution in [0.5, 0.6) is 5.75 Å². The fourth-order valence-electron chi connectivity index (χ4n) is 2.41. The molecule has 1 saturated heterocycles.